The summed E-state index contributed by atoms with van der Waals surface area (Å²) in [5.74, 6) is 0. The van der Waals surface area contributed by atoms with Gasteiger partial charge in [0, 0.05) is 16.1 Å². The van der Waals surface area contributed by atoms with Crippen LogP contribution < -0.4 is 5.56 Å². The van der Waals surface area contributed by atoms with Crippen LogP contribution in [0.5, 0.6) is 0 Å². The Morgan fingerprint density at radius 1 is 1.09 bits per heavy atom. The number of aromatic nitrogens is 3. The maximum absolute atomic E-state index is 12.2. The standard InChI is InChI=1S/C17H12BrN3O/c18-12-6-7-15-13(8-12)16-14(9-19-15)17(22)20-21(16)10-11-4-2-1-3-5-11/h1-9H,10H2,(H,20,22). The zero-order valence-corrected chi connectivity index (χ0v) is 13.2. The first-order valence-corrected chi connectivity index (χ1v) is 7.72. The lowest BCUT2D eigenvalue weighted by Gasteiger charge is -2.07. The van der Waals surface area contributed by atoms with E-state index in [-0.39, 0.29) is 5.56 Å². The molecule has 1 N–H and O–H groups in total. The highest BCUT2D eigenvalue weighted by atomic mass is 79.9. The Balaban J connectivity index is 2.02. The SMILES string of the molecule is O=c1[nH]n(Cc2ccccc2)c2c1cnc1ccc(Br)cc12. The highest BCUT2D eigenvalue weighted by Crippen LogP contribution is 2.25. The third kappa shape index (κ3) is 2.14. The van der Waals surface area contributed by atoms with Gasteiger partial charge in [-0.15, -0.1) is 0 Å². The van der Waals surface area contributed by atoms with E-state index in [0.717, 1.165) is 26.5 Å². The Kier molecular flexibility index (Phi) is 3.08. The van der Waals surface area contributed by atoms with Gasteiger partial charge in [0.2, 0.25) is 0 Å². The van der Waals surface area contributed by atoms with E-state index >= 15 is 0 Å². The minimum absolute atomic E-state index is 0.111. The number of hydrogen-bond donors (Lipinski definition) is 1. The van der Waals surface area contributed by atoms with E-state index in [0.29, 0.717) is 11.9 Å². The van der Waals surface area contributed by atoms with Gasteiger partial charge in [-0.05, 0) is 23.8 Å². The smallest absolute Gasteiger partial charge is 0.273 e. The summed E-state index contributed by atoms with van der Waals surface area (Å²) >= 11 is 3.49. The van der Waals surface area contributed by atoms with Crippen molar-refractivity contribution < 1.29 is 0 Å². The van der Waals surface area contributed by atoms with Gasteiger partial charge in [-0.1, -0.05) is 46.3 Å². The molecule has 22 heavy (non-hydrogen) atoms. The van der Waals surface area contributed by atoms with Crippen molar-refractivity contribution in [1.29, 1.82) is 0 Å². The van der Waals surface area contributed by atoms with Gasteiger partial charge < -0.3 is 0 Å². The lowest BCUT2D eigenvalue weighted by atomic mass is 10.1. The van der Waals surface area contributed by atoms with Crippen molar-refractivity contribution in [2.45, 2.75) is 6.54 Å². The number of aromatic amines is 1. The van der Waals surface area contributed by atoms with Gasteiger partial charge >= 0.3 is 0 Å². The zero-order chi connectivity index (χ0) is 15.1. The fourth-order valence-corrected chi connectivity index (χ4v) is 3.09. The summed E-state index contributed by atoms with van der Waals surface area (Å²) in [6.45, 7) is 0.616. The number of H-pyrrole nitrogens is 1. The van der Waals surface area contributed by atoms with Gasteiger partial charge in [-0.2, -0.15) is 0 Å². The summed E-state index contributed by atoms with van der Waals surface area (Å²) in [6, 6.07) is 16.0. The van der Waals surface area contributed by atoms with E-state index in [1.807, 2.05) is 53.2 Å². The minimum Gasteiger partial charge on any atom is -0.279 e. The summed E-state index contributed by atoms with van der Waals surface area (Å²) in [6.07, 6.45) is 1.64. The molecule has 2 heterocycles. The molecular formula is C17H12BrN3O. The molecule has 4 aromatic rings. The van der Waals surface area contributed by atoms with Crippen molar-refractivity contribution in [3.63, 3.8) is 0 Å². The second-order valence-electron chi connectivity index (χ2n) is 5.19. The molecule has 0 atom stereocenters. The van der Waals surface area contributed by atoms with Gasteiger partial charge in [-0.25, -0.2) is 0 Å². The molecule has 0 fully saturated rings. The Labute approximate surface area is 134 Å². The summed E-state index contributed by atoms with van der Waals surface area (Å²) < 4.78 is 2.86. The van der Waals surface area contributed by atoms with E-state index in [4.69, 9.17) is 0 Å². The summed E-state index contributed by atoms with van der Waals surface area (Å²) in [4.78, 5) is 16.6. The molecule has 2 aromatic carbocycles. The van der Waals surface area contributed by atoms with Gasteiger partial charge in [0.15, 0.2) is 0 Å². The molecule has 4 rings (SSSR count). The molecule has 0 bridgehead atoms. The highest BCUT2D eigenvalue weighted by Gasteiger charge is 2.12. The van der Waals surface area contributed by atoms with Crippen LogP contribution in [-0.4, -0.2) is 14.8 Å². The molecule has 0 aliphatic heterocycles. The van der Waals surface area contributed by atoms with Gasteiger partial charge in [-0.3, -0.25) is 19.6 Å². The molecule has 0 aliphatic rings. The Morgan fingerprint density at radius 3 is 2.73 bits per heavy atom. The Bertz CT molecular complexity index is 1030. The number of nitrogens with zero attached hydrogens (tertiary/aromatic N) is 2. The molecule has 0 saturated carbocycles. The predicted octanol–water partition coefficient (Wildman–Crippen LogP) is 3.69. The Morgan fingerprint density at radius 2 is 1.91 bits per heavy atom. The monoisotopic (exact) mass is 353 g/mol. The van der Waals surface area contributed by atoms with Crippen molar-refractivity contribution in [2.24, 2.45) is 0 Å². The van der Waals surface area contributed by atoms with Crippen LogP contribution in [0.1, 0.15) is 5.56 Å². The molecular weight excluding hydrogens is 342 g/mol. The van der Waals surface area contributed by atoms with Crippen molar-refractivity contribution in [2.75, 3.05) is 0 Å². The van der Waals surface area contributed by atoms with Crippen LogP contribution in [0.25, 0.3) is 21.8 Å². The molecule has 0 radical (unpaired) electrons. The van der Waals surface area contributed by atoms with Crippen molar-refractivity contribution in [3.8, 4) is 0 Å². The number of rotatable bonds is 2. The van der Waals surface area contributed by atoms with Crippen LogP contribution in [-0.2, 0) is 6.54 Å². The molecule has 108 valence electrons. The van der Waals surface area contributed by atoms with Gasteiger partial charge in [0.1, 0.15) is 0 Å². The van der Waals surface area contributed by atoms with E-state index in [1.165, 1.54) is 0 Å². The number of fused-ring (bicyclic) bond motifs is 3. The normalized spacial score (nSPS) is 11.3. The van der Waals surface area contributed by atoms with Crippen molar-refractivity contribution in [1.82, 2.24) is 14.8 Å². The van der Waals surface area contributed by atoms with Crippen LogP contribution in [0.4, 0.5) is 0 Å². The lowest BCUT2D eigenvalue weighted by Crippen LogP contribution is -2.06. The number of nitrogens with one attached hydrogen (secondary N) is 1. The third-order valence-electron chi connectivity index (χ3n) is 3.74. The molecule has 4 nitrogen and oxygen atoms in total. The number of benzene rings is 2. The molecule has 0 saturated heterocycles. The fourth-order valence-electron chi connectivity index (χ4n) is 2.73. The maximum Gasteiger partial charge on any atom is 0.273 e. The molecule has 0 aliphatic carbocycles. The maximum atomic E-state index is 12.2. The third-order valence-corrected chi connectivity index (χ3v) is 4.23. The van der Waals surface area contributed by atoms with E-state index in [2.05, 4.69) is 26.0 Å². The molecule has 0 amide bonds. The fraction of sp³-hybridized carbons (Fsp3) is 0.0588. The van der Waals surface area contributed by atoms with Crippen LogP contribution in [0, 0.1) is 0 Å². The molecule has 5 heteroatoms. The summed E-state index contributed by atoms with van der Waals surface area (Å²) in [7, 11) is 0. The average molecular weight is 354 g/mol. The number of halogens is 1. The first-order chi connectivity index (χ1) is 10.7. The van der Waals surface area contributed by atoms with Crippen molar-refractivity contribution in [3.05, 3.63) is 75.1 Å². The Hall–Kier alpha value is -2.40. The van der Waals surface area contributed by atoms with Gasteiger partial charge in [0.25, 0.3) is 5.56 Å². The first kappa shape index (κ1) is 13.3. The first-order valence-electron chi connectivity index (χ1n) is 6.93. The number of pyridine rings is 1. The lowest BCUT2D eigenvalue weighted by molar-refractivity contribution is 0.704. The van der Waals surface area contributed by atoms with E-state index in [1.54, 1.807) is 6.20 Å². The summed E-state index contributed by atoms with van der Waals surface area (Å²) in [5.41, 5.74) is 2.78. The second-order valence-corrected chi connectivity index (χ2v) is 6.11. The molecule has 2 aromatic heterocycles. The van der Waals surface area contributed by atoms with Gasteiger partial charge in [0.05, 0.1) is 23.0 Å². The van der Waals surface area contributed by atoms with Crippen molar-refractivity contribution >= 4 is 37.7 Å². The largest absolute Gasteiger partial charge is 0.279 e. The van der Waals surface area contributed by atoms with Crippen LogP contribution in [0.15, 0.2) is 64.0 Å². The predicted molar refractivity (Wildman–Crippen MR) is 91.1 cm³/mol. The second kappa shape index (κ2) is 5.10. The summed E-state index contributed by atoms with van der Waals surface area (Å²) in [5, 5.41) is 4.49. The average Bonchev–Trinajstić information content (AvgIpc) is 2.85. The van der Waals surface area contributed by atoms with Crippen LogP contribution in [0.2, 0.25) is 0 Å². The molecule has 0 spiro atoms. The van der Waals surface area contributed by atoms with Crippen LogP contribution >= 0.6 is 15.9 Å². The zero-order valence-electron chi connectivity index (χ0n) is 11.6. The highest BCUT2D eigenvalue weighted by molar-refractivity contribution is 9.10. The quantitative estimate of drug-likeness (QED) is 0.597. The number of hydrogen-bond acceptors (Lipinski definition) is 2. The minimum atomic E-state index is -0.111. The topological polar surface area (TPSA) is 50.7 Å². The molecule has 0 unspecified atom stereocenters. The van der Waals surface area contributed by atoms with E-state index in [9.17, 15) is 4.79 Å². The van der Waals surface area contributed by atoms with Crippen LogP contribution in [0.3, 0.4) is 0 Å². The van der Waals surface area contributed by atoms with E-state index < -0.39 is 0 Å².